The molecule has 20 heavy (non-hydrogen) atoms. The van der Waals surface area contributed by atoms with Crippen LogP contribution in [0.15, 0.2) is 18.2 Å². The maximum Gasteiger partial charge on any atom is 0.335 e. The third-order valence-corrected chi connectivity index (χ3v) is 4.89. The molecule has 8 nitrogen and oxygen atoms in total. The second-order valence-electron chi connectivity index (χ2n) is 4.36. The molecular formula is C11H12N2O6S. The van der Waals surface area contributed by atoms with E-state index in [0.29, 0.717) is 12.8 Å². The topological polar surface area (TPSA) is 118 Å². The van der Waals surface area contributed by atoms with E-state index in [4.69, 9.17) is 5.11 Å². The molecule has 0 amide bonds. The zero-order valence-corrected chi connectivity index (χ0v) is 11.2. The van der Waals surface area contributed by atoms with E-state index in [1.807, 2.05) is 0 Å². The molecule has 1 heterocycles. The van der Waals surface area contributed by atoms with Crippen molar-refractivity contribution in [2.45, 2.75) is 12.8 Å². The first-order valence-corrected chi connectivity index (χ1v) is 7.46. The molecule has 0 saturated carbocycles. The van der Waals surface area contributed by atoms with Gasteiger partial charge in [0.25, 0.3) is 5.69 Å². The number of carbonyl (C=O) groups is 1. The molecule has 108 valence electrons. The number of carboxylic acids is 1. The number of sulfonamides is 1. The maximum atomic E-state index is 12.0. The molecule has 1 aliphatic heterocycles. The van der Waals surface area contributed by atoms with Crippen molar-refractivity contribution in [1.82, 2.24) is 0 Å². The zero-order valence-electron chi connectivity index (χ0n) is 10.4. The summed E-state index contributed by atoms with van der Waals surface area (Å²) in [6, 6.07) is 3.21. The monoisotopic (exact) mass is 300 g/mol. The number of carboxylic acid groups (broad SMARTS) is 1. The molecular weight excluding hydrogens is 288 g/mol. The standard InChI is InChI=1S/C11H12N2O6S/c14-11(15)8-3-4-9(10(7-8)13(16)17)12-5-1-2-6-20(12,18)19/h3-4,7H,1-2,5-6H2,(H,14,15). The zero-order chi connectivity index (χ0) is 14.9. The van der Waals surface area contributed by atoms with Gasteiger partial charge in [0.05, 0.1) is 16.2 Å². The molecule has 0 bridgehead atoms. The highest BCUT2D eigenvalue weighted by Crippen LogP contribution is 2.33. The number of rotatable bonds is 3. The number of hydrogen-bond acceptors (Lipinski definition) is 5. The minimum atomic E-state index is -3.58. The van der Waals surface area contributed by atoms with E-state index in [1.54, 1.807) is 0 Å². The van der Waals surface area contributed by atoms with Crippen molar-refractivity contribution < 1.29 is 23.2 Å². The van der Waals surface area contributed by atoms with Crippen molar-refractivity contribution in [3.63, 3.8) is 0 Å². The van der Waals surface area contributed by atoms with Crippen LogP contribution in [0.2, 0.25) is 0 Å². The van der Waals surface area contributed by atoms with Gasteiger partial charge in [-0.25, -0.2) is 13.2 Å². The average molecular weight is 300 g/mol. The van der Waals surface area contributed by atoms with Crippen LogP contribution in [0.5, 0.6) is 0 Å². The average Bonchev–Trinajstić information content (AvgIpc) is 2.37. The molecule has 9 heteroatoms. The van der Waals surface area contributed by atoms with Crippen molar-refractivity contribution in [2.75, 3.05) is 16.6 Å². The lowest BCUT2D eigenvalue weighted by molar-refractivity contribution is -0.384. The minimum Gasteiger partial charge on any atom is -0.478 e. The number of nitrogens with zero attached hydrogens (tertiary/aromatic N) is 2. The van der Waals surface area contributed by atoms with Gasteiger partial charge in [0.2, 0.25) is 10.0 Å². The summed E-state index contributed by atoms with van der Waals surface area (Å²) in [6.07, 6.45) is 1.12. The fourth-order valence-electron chi connectivity index (χ4n) is 2.07. The van der Waals surface area contributed by atoms with E-state index in [9.17, 15) is 23.3 Å². The third kappa shape index (κ3) is 2.57. The van der Waals surface area contributed by atoms with E-state index in [2.05, 4.69) is 0 Å². The van der Waals surface area contributed by atoms with Crippen LogP contribution >= 0.6 is 0 Å². The van der Waals surface area contributed by atoms with Gasteiger partial charge in [-0.15, -0.1) is 0 Å². The quantitative estimate of drug-likeness (QED) is 0.662. The first-order chi connectivity index (χ1) is 9.33. The Labute approximate surface area is 114 Å². The fraction of sp³-hybridized carbons (Fsp3) is 0.364. The van der Waals surface area contributed by atoms with Crippen LogP contribution in [-0.2, 0) is 10.0 Å². The van der Waals surface area contributed by atoms with Crippen molar-refractivity contribution in [1.29, 1.82) is 0 Å². The van der Waals surface area contributed by atoms with E-state index in [-0.39, 0.29) is 23.5 Å². The van der Waals surface area contributed by atoms with Crippen molar-refractivity contribution >= 4 is 27.4 Å². The van der Waals surface area contributed by atoms with Crippen LogP contribution in [-0.4, -0.2) is 36.7 Å². The Hall–Kier alpha value is -2.16. The Morgan fingerprint density at radius 2 is 2.05 bits per heavy atom. The van der Waals surface area contributed by atoms with Crippen LogP contribution in [0.1, 0.15) is 23.2 Å². The fourth-order valence-corrected chi connectivity index (χ4v) is 3.72. The Kier molecular flexibility index (Phi) is 3.62. The summed E-state index contributed by atoms with van der Waals surface area (Å²) < 4.78 is 24.9. The molecule has 0 unspecified atom stereocenters. The first kappa shape index (κ1) is 14.3. The number of aromatic carboxylic acids is 1. The summed E-state index contributed by atoms with van der Waals surface area (Å²) >= 11 is 0. The smallest absolute Gasteiger partial charge is 0.335 e. The lowest BCUT2D eigenvalue weighted by atomic mass is 10.1. The number of benzene rings is 1. The number of anilines is 1. The predicted molar refractivity (Wildman–Crippen MR) is 70.4 cm³/mol. The second kappa shape index (κ2) is 5.08. The minimum absolute atomic E-state index is 0.0646. The van der Waals surface area contributed by atoms with Gasteiger partial charge >= 0.3 is 5.97 Å². The highest BCUT2D eigenvalue weighted by atomic mass is 32.2. The van der Waals surface area contributed by atoms with E-state index in [1.165, 1.54) is 6.07 Å². The van der Waals surface area contributed by atoms with Gasteiger partial charge in [-0.05, 0) is 25.0 Å². The van der Waals surface area contributed by atoms with Crippen LogP contribution in [0.4, 0.5) is 11.4 Å². The molecule has 0 aliphatic carbocycles. The lowest BCUT2D eigenvalue weighted by Crippen LogP contribution is -2.38. The number of hydrogen-bond donors (Lipinski definition) is 1. The normalized spacial score (nSPS) is 17.7. The van der Waals surface area contributed by atoms with E-state index >= 15 is 0 Å². The first-order valence-electron chi connectivity index (χ1n) is 5.85. The molecule has 0 radical (unpaired) electrons. The molecule has 1 aromatic carbocycles. The molecule has 0 aromatic heterocycles. The summed E-state index contributed by atoms with van der Waals surface area (Å²) in [7, 11) is -3.58. The predicted octanol–water partition coefficient (Wildman–Crippen LogP) is 1.22. The SMILES string of the molecule is O=C(O)c1ccc(N2CCCCS2(=O)=O)c([N+](=O)[O-])c1. The van der Waals surface area contributed by atoms with Crippen molar-refractivity contribution in [3.8, 4) is 0 Å². The van der Waals surface area contributed by atoms with Gasteiger partial charge in [-0.3, -0.25) is 14.4 Å². The van der Waals surface area contributed by atoms with Crippen molar-refractivity contribution in [2.24, 2.45) is 0 Å². The Balaban J connectivity index is 2.56. The van der Waals surface area contributed by atoms with Crippen LogP contribution in [0.25, 0.3) is 0 Å². The van der Waals surface area contributed by atoms with Gasteiger partial charge in [0, 0.05) is 12.6 Å². The summed E-state index contributed by atoms with van der Waals surface area (Å²) in [5, 5.41) is 19.9. The van der Waals surface area contributed by atoms with Gasteiger partial charge in [-0.2, -0.15) is 0 Å². The Morgan fingerprint density at radius 1 is 1.35 bits per heavy atom. The third-order valence-electron chi connectivity index (χ3n) is 3.04. The van der Waals surface area contributed by atoms with Crippen LogP contribution in [0, 0.1) is 10.1 Å². The molecule has 2 rings (SSSR count). The van der Waals surface area contributed by atoms with Crippen LogP contribution in [0.3, 0.4) is 0 Å². The van der Waals surface area contributed by atoms with Crippen LogP contribution < -0.4 is 4.31 Å². The summed E-state index contributed by atoms with van der Waals surface area (Å²) in [4.78, 5) is 21.1. The highest BCUT2D eigenvalue weighted by Gasteiger charge is 2.31. The molecule has 0 atom stereocenters. The van der Waals surface area contributed by atoms with Gasteiger partial charge in [0.1, 0.15) is 5.69 Å². The van der Waals surface area contributed by atoms with Gasteiger partial charge < -0.3 is 5.11 Å². The van der Waals surface area contributed by atoms with Gasteiger partial charge in [0.15, 0.2) is 0 Å². The summed E-state index contributed by atoms with van der Waals surface area (Å²) in [5.74, 6) is -1.37. The Morgan fingerprint density at radius 3 is 2.60 bits per heavy atom. The van der Waals surface area contributed by atoms with E-state index < -0.39 is 26.6 Å². The lowest BCUT2D eigenvalue weighted by Gasteiger charge is -2.27. The van der Waals surface area contributed by atoms with E-state index in [0.717, 1.165) is 16.4 Å². The summed E-state index contributed by atoms with van der Waals surface area (Å²) in [5.41, 5.74) is -0.857. The highest BCUT2D eigenvalue weighted by molar-refractivity contribution is 7.92. The maximum absolute atomic E-state index is 12.0. The molecule has 1 saturated heterocycles. The largest absolute Gasteiger partial charge is 0.478 e. The summed E-state index contributed by atoms with van der Waals surface area (Å²) in [6.45, 7) is 0.162. The number of nitro groups is 1. The molecule has 1 N–H and O–H groups in total. The molecule has 0 spiro atoms. The second-order valence-corrected chi connectivity index (χ2v) is 6.37. The Bertz CT molecular complexity index is 669. The van der Waals surface area contributed by atoms with Gasteiger partial charge in [-0.1, -0.05) is 0 Å². The molecule has 1 aliphatic rings. The molecule has 1 aromatic rings. The molecule has 1 fully saturated rings. The number of nitro benzene ring substituents is 1. The van der Waals surface area contributed by atoms with Crippen molar-refractivity contribution in [3.05, 3.63) is 33.9 Å².